The Morgan fingerprint density at radius 2 is 1.71 bits per heavy atom. The average molecular weight is 291 g/mol. The molecule has 4 bridgehead atoms. The molecule has 5 aliphatic rings. The highest BCUT2D eigenvalue weighted by Crippen LogP contribution is 2.65. The number of nitrogens with one attached hydrogen (secondary N) is 1. The van der Waals surface area contributed by atoms with Crippen LogP contribution >= 0.6 is 0 Å². The van der Waals surface area contributed by atoms with Crippen molar-refractivity contribution in [1.82, 2.24) is 5.32 Å². The number of carboxylic acids is 1. The third-order valence-electron chi connectivity index (χ3n) is 6.80. The standard InChI is InChI=1S/C17H25NO3/c1-15-6-11-5-12(7-15)9-16(8-11,10-15)13(19)18-17(14(20)21)3-2-4-17/h11-12H,2-10H2,1H3,(H,18,19)(H,20,21). The van der Waals surface area contributed by atoms with Crippen molar-refractivity contribution in [2.75, 3.05) is 0 Å². The van der Waals surface area contributed by atoms with Gasteiger partial charge in [-0.3, -0.25) is 4.79 Å². The molecule has 2 atom stereocenters. The molecule has 5 fully saturated rings. The van der Waals surface area contributed by atoms with E-state index in [1.807, 2.05) is 0 Å². The van der Waals surface area contributed by atoms with Crippen molar-refractivity contribution in [2.45, 2.75) is 70.3 Å². The third kappa shape index (κ3) is 1.87. The van der Waals surface area contributed by atoms with Gasteiger partial charge in [0.05, 0.1) is 5.41 Å². The number of amides is 1. The maximum Gasteiger partial charge on any atom is 0.329 e. The lowest BCUT2D eigenvalue weighted by Crippen LogP contribution is -2.65. The van der Waals surface area contributed by atoms with E-state index in [9.17, 15) is 14.7 Å². The smallest absolute Gasteiger partial charge is 0.329 e. The number of carbonyl (C=O) groups is 2. The van der Waals surface area contributed by atoms with Gasteiger partial charge in [-0.1, -0.05) is 6.92 Å². The van der Waals surface area contributed by atoms with Crippen molar-refractivity contribution in [3.63, 3.8) is 0 Å². The van der Waals surface area contributed by atoms with E-state index in [4.69, 9.17) is 0 Å². The van der Waals surface area contributed by atoms with Crippen LogP contribution in [0.15, 0.2) is 0 Å². The van der Waals surface area contributed by atoms with Crippen LogP contribution in [0, 0.1) is 22.7 Å². The van der Waals surface area contributed by atoms with Gasteiger partial charge >= 0.3 is 5.97 Å². The van der Waals surface area contributed by atoms with Gasteiger partial charge in [-0.25, -0.2) is 4.79 Å². The lowest BCUT2D eigenvalue weighted by molar-refractivity contribution is -0.164. The Balaban J connectivity index is 1.58. The minimum Gasteiger partial charge on any atom is -0.480 e. The van der Waals surface area contributed by atoms with Crippen LogP contribution in [-0.2, 0) is 9.59 Å². The van der Waals surface area contributed by atoms with Crippen LogP contribution in [0.25, 0.3) is 0 Å². The van der Waals surface area contributed by atoms with Crippen molar-refractivity contribution in [1.29, 1.82) is 0 Å². The molecular formula is C17H25NO3. The van der Waals surface area contributed by atoms with Gasteiger partial charge in [0.25, 0.3) is 0 Å². The van der Waals surface area contributed by atoms with Crippen LogP contribution in [0.4, 0.5) is 0 Å². The molecule has 0 aromatic carbocycles. The van der Waals surface area contributed by atoms with Gasteiger partial charge in [-0.15, -0.1) is 0 Å². The van der Waals surface area contributed by atoms with Crippen LogP contribution in [0.5, 0.6) is 0 Å². The van der Waals surface area contributed by atoms with Crippen LogP contribution in [0.1, 0.15) is 64.7 Å². The predicted molar refractivity (Wildman–Crippen MR) is 77.6 cm³/mol. The summed E-state index contributed by atoms with van der Waals surface area (Å²) in [5.41, 5.74) is -0.907. The fourth-order valence-corrected chi connectivity index (χ4v) is 6.26. The molecule has 0 spiro atoms. The molecule has 0 aromatic rings. The molecule has 0 radical (unpaired) electrons. The number of hydrogen-bond acceptors (Lipinski definition) is 2. The Labute approximate surface area is 125 Å². The van der Waals surface area contributed by atoms with Gasteiger partial charge in [-0.05, 0) is 75.0 Å². The second-order valence-corrected chi connectivity index (χ2v) is 8.75. The van der Waals surface area contributed by atoms with E-state index in [2.05, 4.69) is 12.2 Å². The molecule has 4 heteroatoms. The normalized spacial score (nSPS) is 46.0. The topological polar surface area (TPSA) is 66.4 Å². The first kappa shape index (κ1) is 13.6. The molecule has 0 saturated heterocycles. The number of aliphatic carboxylic acids is 1. The molecule has 5 saturated carbocycles. The highest BCUT2D eigenvalue weighted by Gasteiger charge is 2.60. The number of carbonyl (C=O) groups excluding carboxylic acids is 1. The minimum atomic E-state index is -0.957. The summed E-state index contributed by atoms with van der Waals surface area (Å²) in [6.45, 7) is 2.34. The average Bonchev–Trinajstić information content (AvgIpc) is 2.29. The lowest BCUT2D eigenvalue weighted by atomic mass is 9.44. The second-order valence-electron chi connectivity index (χ2n) is 8.75. The molecule has 2 unspecified atom stereocenters. The molecule has 1 amide bonds. The highest BCUT2D eigenvalue weighted by atomic mass is 16.4. The Morgan fingerprint density at radius 3 is 2.14 bits per heavy atom. The van der Waals surface area contributed by atoms with Gasteiger partial charge < -0.3 is 10.4 Å². The first-order valence-corrected chi connectivity index (χ1v) is 8.41. The van der Waals surface area contributed by atoms with Gasteiger partial charge in [0.15, 0.2) is 0 Å². The van der Waals surface area contributed by atoms with E-state index in [0.717, 1.165) is 25.7 Å². The van der Waals surface area contributed by atoms with E-state index in [1.165, 1.54) is 19.3 Å². The maximum atomic E-state index is 13.0. The Kier molecular flexibility index (Phi) is 2.60. The summed E-state index contributed by atoms with van der Waals surface area (Å²) in [7, 11) is 0. The van der Waals surface area contributed by atoms with Gasteiger partial charge in [-0.2, -0.15) is 0 Å². The molecule has 5 rings (SSSR count). The van der Waals surface area contributed by atoms with Crippen molar-refractivity contribution in [2.24, 2.45) is 22.7 Å². The van der Waals surface area contributed by atoms with E-state index in [1.54, 1.807) is 0 Å². The summed E-state index contributed by atoms with van der Waals surface area (Å²) >= 11 is 0. The Hall–Kier alpha value is -1.06. The SMILES string of the molecule is CC12CC3CC(C1)CC(C(=O)NC1(C(=O)O)CCC1)(C3)C2. The van der Waals surface area contributed by atoms with Crippen molar-refractivity contribution >= 4 is 11.9 Å². The molecular weight excluding hydrogens is 266 g/mol. The number of carboxylic acid groups (broad SMARTS) is 1. The molecule has 116 valence electrons. The number of rotatable bonds is 3. The number of hydrogen-bond donors (Lipinski definition) is 2. The van der Waals surface area contributed by atoms with Crippen molar-refractivity contribution in [3.05, 3.63) is 0 Å². The van der Waals surface area contributed by atoms with Gasteiger partial charge in [0.1, 0.15) is 5.54 Å². The van der Waals surface area contributed by atoms with Crippen LogP contribution in [0.3, 0.4) is 0 Å². The van der Waals surface area contributed by atoms with Crippen molar-refractivity contribution in [3.8, 4) is 0 Å². The second kappa shape index (κ2) is 4.02. The summed E-state index contributed by atoms with van der Waals surface area (Å²) in [5, 5.41) is 12.4. The third-order valence-corrected chi connectivity index (χ3v) is 6.80. The van der Waals surface area contributed by atoms with E-state index in [-0.39, 0.29) is 11.3 Å². The van der Waals surface area contributed by atoms with E-state index >= 15 is 0 Å². The van der Waals surface area contributed by atoms with Crippen LogP contribution < -0.4 is 5.32 Å². The van der Waals surface area contributed by atoms with Crippen molar-refractivity contribution < 1.29 is 14.7 Å². The minimum absolute atomic E-state index is 0.0462. The predicted octanol–water partition coefficient (Wildman–Crippen LogP) is 2.72. The molecule has 21 heavy (non-hydrogen) atoms. The fourth-order valence-electron chi connectivity index (χ4n) is 6.26. The van der Waals surface area contributed by atoms with E-state index in [0.29, 0.717) is 30.1 Å². The molecule has 0 heterocycles. The molecule has 4 nitrogen and oxygen atoms in total. The van der Waals surface area contributed by atoms with Gasteiger partial charge in [0, 0.05) is 0 Å². The Morgan fingerprint density at radius 1 is 1.10 bits per heavy atom. The monoisotopic (exact) mass is 291 g/mol. The van der Waals surface area contributed by atoms with Gasteiger partial charge in [0.2, 0.25) is 5.91 Å². The quantitative estimate of drug-likeness (QED) is 0.840. The fraction of sp³-hybridized carbons (Fsp3) is 0.882. The maximum absolute atomic E-state index is 13.0. The largest absolute Gasteiger partial charge is 0.480 e. The zero-order valence-corrected chi connectivity index (χ0v) is 12.8. The molecule has 0 aromatic heterocycles. The first-order chi connectivity index (χ1) is 9.85. The zero-order chi connectivity index (χ0) is 14.9. The summed E-state index contributed by atoms with van der Waals surface area (Å²) < 4.78 is 0. The molecule has 2 N–H and O–H groups in total. The highest BCUT2D eigenvalue weighted by molar-refractivity contribution is 5.91. The first-order valence-electron chi connectivity index (χ1n) is 8.41. The Bertz CT molecular complexity index is 494. The summed E-state index contributed by atoms with van der Waals surface area (Å²) in [4.78, 5) is 24.5. The van der Waals surface area contributed by atoms with E-state index < -0.39 is 11.5 Å². The van der Waals surface area contributed by atoms with Crippen LogP contribution in [-0.4, -0.2) is 22.5 Å². The zero-order valence-electron chi connectivity index (χ0n) is 12.8. The summed E-state index contributed by atoms with van der Waals surface area (Å²) in [6.07, 6.45) is 8.85. The lowest BCUT2D eigenvalue weighted by Gasteiger charge is -2.61. The summed E-state index contributed by atoms with van der Waals surface area (Å²) in [6, 6.07) is 0. The van der Waals surface area contributed by atoms with Crippen LogP contribution in [0.2, 0.25) is 0 Å². The summed E-state index contributed by atoms with van der Waals surface area (Å²) in [5.74, 6) is 0.566. The molecule has 5 aliphatic carbocycles. The molecule has 0 aliphatic heterocycles.